The second-order valence-corrected chi connectivity index (χ2v) is 3.77. The number of esters is 1. The fourth-order valence-electron chi connectivity index (χ4n) is 1.68. The van der Waals surface area contributed by atoms with Crippen molar-refractivity contribution in [2.45, 2.75) is 13.1 Å². The summed E-state index contributed by atoms with van der Waals surface area (Å²) in [6.07, 6.45) is -4.69. The Balaban J connectivity index is 3.43. The van der Waals surface area contributed by atoms with Crippen LogP contribution >= 0.6 is 0 Å². The van der Waals surface area contributed by atoms with Crippen molar-refractivity contribution in [3.8, 4) is 11.5 Å². The number of Topliss-reactive ketones (excluding diaryl/α,β-unsaturated/α-hetero) is 1. The number of hydrogen-bond acceptors (Lipinski definition) is 5. The standard InChI is InChI=1S/C13H13F3O5/c1-4-21-12(18)9(17)7-5-6-8(13(14,15)16)11(20-3)10(7)19-2/h5-6H,4H2,1-3H3. The van der Waals surface area contributed by atoms with Gasteiger partial charge in [0.25, 0.3) is 5.78 Å². The molecule has 0 fully saturated rings. The average molecular weight is 306 g/mol. The second kappa shape index (κ2) is 6.47. The first kappa shape index (κ1) is 16.8. The van der Waals surface area contributed by atoms with Gasteiger partial charge in [0.05, 0.1) is 26.4 Å². The van der Waals surface area contributed by atoms with Gasteiger partial charge >= 0.3 is 12.1 Å². The van der Waals surface area contributed by atoms with E-state index in [0.717, 1.165) is 20.3 Å². The molecule has 0 saturated carbocycles. The van der Waals surface area contributed by atoms with E-state index in [1.54, 1.807) is 0 Å². The van der Waals surface area contributed by atoms with Gasteiger partial charge in [-0.25, -0.2) is 4.79 Å². The van der Waals surface area contributed by atoms with Crippen LogP contribution in [0, 0.1) is 0 Å². The molecule has 0 aliphatic heterocycles. The number of carbonyl (C=O) groups excluding carboxylic acids is 2. The summed E-state index contributed by atoms with van der Waals surface area (Å²) in [5, 5.41) is 0. The van der Waals surface area contributed by atoms with Gasteiger partial charge in [0, 0.05) is 0 Å². The Morgan fingerprint density at radius 3 is 2.10 bits per heavy atom. The zero-order valence-corrected chi connectivity index (χ0v) is 11.5. The van der Waals surface area contributed by atoms with Crippen LogP contribution in [-0.2, 0) is 15.7 Å². The van der Waals surface area contributed by atoms with Gasteiger partial charge in [-0.3, -0.25) is 4.79 Å². The fourth-order valence-corrected chi connectivity index (χ4v) is 1.68. The monoisotopic (exact) mass is 306 g/mol. The molecule has 0 heterocycles. The first-order chi connectivity index (χ1) is 9.77. The smallest absolute Gasteiger partial charge is 0.420 e. The van der Waals surface area contributed by atoms with E-state index in [-0.39, 0.29) is 12.2 Å². The molecule has 0 aliphatic rings. The van der Waals surface area contributed by atoms with Crippen molar-refractivity contribution in [1.82, 2.24) is 0 Å². The number of halogens is 3. The van der Waals surface area contributed by atoms with Gasteiger partial charge in [-0.05, 0) is 19.1 Å². The summed E-state index contributed by atoms with van der Waals surface area (Å²) in [4.78, 5) is 23.3. The van der Waals surface area contributed by atoms with Gasteiger partial charge < -0.3 is 14.2 Å². The Morgan fingerprint density at radius 1 is 1.10 bits per heavy atom. The number of hydrogen-bond donors (Lipinski definition) is 0. The number of alkyl halides is 3. The van der Waals surface area contributed by atoms with Crippen molar-refractivity contribution in [3.63, 3.8) is 0 Å². The van der Waals surface area contributed by atoms with Gasteiger partial charge in [-0.1, -0.05) is 0 Å². The summed E-state index contributed by atoms with van der Waals surface area (Å²) in [6.45, 7) is 1.46. The molecule has 0 radical (unpaired) electrons. The van der Waals surface area contributed by atoms with Gasteiger partial charge in [0.1, 0.15) is 5.56 Å². The van der Waals surface area contributed by atoms with Crippen LogP contribution in [0.3, 0.4) is 0 Å². The van der Waals surface area contributed by atoms with Crippen LogP contribution in [-0.4, -0.2) is 32.6 Å². The third-order valence-corrected chi connectivity index (χ3v) is 2.53. The van der Waals surface area contributed by atoms with Crippen LogP contribution in [0.1, 0.15) is 22.8 Å². The number of methoxy groups -OCH3 is 2. The normalized spacial score (nSPS) is 11.0. The maximum absolute atomic E-state index is 12.9. The van der Waals surface area contributed by atoms with E-state index in [1.165, 1.54) is 6.92 Å². The minimum absolute atomic E-state index is 0.0370. The minimum Gasteiger partial charge on any atom is -0.492 e. The van der Waals surface area contributed by atoms with Crippen molar-refractivity contribution in [2.75, 3.05) is 20.8 Å². The van der Waals surface area contributed by atoms with E-state index in [4.69, 9.17) is 4.74 Å². The minimum atomic E-state index is -4.69. The highest BCUT2D eigenvalue weighted by atomic mass is 19.4. The van der Waals surface area contributed by atoms with Crippen LogP contribution < -0.4 is 9.47 Å². The molecule has 1 aromatic rings. The van der Waals surface area contributed by atoms with Crippen LogP contribution in [0.4, 0.5) is 13.2 Å². The maximum atomic E-state index is 12.9. The molecule has 0 bridgehead atoms. The highest BCUT2D eigenvalue weighted by Crippen LogP contribution is 2.43. The molecule has 1 aromatic carbocycles. The van der Waals surface area contributed by atoms with E-state index in [1.807, 2.05) is 0 Å². The molecule has 0 spiro atoms. The first-order valence-corrected chi connectivity index (χ1v) is 5.81. The Labute approximate surface area is 118 Å². The molecule has 0 unspecified atom stereocenters. The molecule has 0 N–H and O–H groups in total. The lowest BCUT2D eigenvalue weighted by molar-refractivity contribution is -0.139. The molecule has 1 rings (SSSR count). The molecule has 0 aromatic heterocycles. The van der Waals surface area contributed by atoms with E-state index >= 15 is 0 Å². The lowest BCUT2D eigenvalue weighted by atomic mass is 10.0. The Hall–Kier alpha value is -2.25. The molecular weight excluding hydrogens is 293 g/mol. The SMILES string of the molecule is CCOC(=O)C(=O)c1ccc(C(F)(F)F)c(OC)c1OC. The summed E-state index contributed by atoms with van der Waals surface area (Å²) in [7, 11) is 2.08. The zero-order chi connectivity index (χ0) is 16.2. The Kier molecular flexibility index (Phi) is 5.17. The summed E-state index contributed by atoms with van der Waals surface area (Å²) in [5.74, 6) is -3.43. The predicted molar refractivity (Wildman–Crippen MR) is 65.5 cm³/mol. The third-order valence-electron chi connectivity index (χ3n) is 2.53. The summed E-state index contributed by atoms with van der Waals surface area (Å²) >= 11 is 0. The number of ether oxygens (including phenoxy) is 3. The van der Waals surface area contributed by atoms with Gasteiger partial charge in [0.2, 0.25) is 0 Å². The van der Waals surface area contributed by atoms with Gasteiger partial charge in [-0.15, -0.1) is 0 Å². The molecule has 0 atom stereocenters. The third kappa shape index (κ3) is 3.45. The van der Waals surface area contributed by atoms with Crippen LogP contribution in [0.15, 0.2) is 12.1 Å². The van der Waals surface area contributed by atoms with Crippen molar-refractivity contribution in [2.24, 2.45) is 0 Å². The molecule has 21 heavy (non-hydrogen) atoms. The molecule has 8 heteroatoms. The molecule has 0 amide bonds. The summed E-state index contributed by atoms with van der Waals surface area (Å²) < 4.78 is 52.6. The first-order valence-electron chi connectivity index (χ1n) is 5.81. The van der Waals surface area contributed by atoms with Crippen LogP contribution in [0.2, 0.25) is 0 Å². The number of rotatable bonds is 5. The van der Waals surface area contributed by atoms with Crippen LogP contribution in [0.25, 0.3) is 0 Å². The number of benzene rings is 1. The number of carbonyl (C=O) groups is 2. The fraction of sp³-hybridized carbons (Fsp3) is 0.385. The van der Waals surface area contributed by atoms with Crippen molar-refractivity contribution >= 4 is 11.8 Å². The van der Waals surface area contributed by atoms with Crippen molar-refractivity contribution < 1.29 is 37.0 Å². The molecule has 0 saturated heterocycles. The Morgan fingerprint density at radius 2 is 1.67 bits per heavy atom. The average Bonchev–Trinajstić information content (AvgIpc) is 2.43. The molecular formula is C13H13F3O5. The Bertz CT molecular complexity index is 551. The van der Waals surface area contributed by atoms with E-state index in [2.05, 4.69) is 9.47 Å². The largest absolute Gasteiger partial charge is 0.492 e. The zero-order valence-electron chi connectivity index (χ0n) is 11.5. The summed E-state index contributed by atoms with van der Waals surface area (Å²) in [6, 6.07) is 1.50. The van der Waals surface area contributed by atoms with Gasteiger partial charge in [-0.2, -0.15) is 13.2 Å². The van der Waals surface area contributed by atoms with Crippen molar-refractivity contribution in [3.05, 3.63) is 23.3 Å². The lowest BCUT2D eigenvalue weighted by Crippen LogP contribution is -2.19. The molecule has 116 valence electrons. The topological polar surface area (TPSA) is 61.8 Å². The van der Waals surface area contributed by atoms with E-state index < -0.39 is 35.0 Å². The summed E-state index contributed by atoms with van der Waals surface area (Å²) in [5.41, 5.74) is -1.47. The predicted octanol–water partition coefficient (Wildman–Crippen LogP) is 2.47. The van der Waals surface area contributed by atoms with E-state index in [0.29, 0.717) is 6.07 Å². The van der Waals surface area contributed by atoms with Gasteiger partial charge in [0.15, 0.2) is 11.5 Å². The van der Waals surface area contributed by atoms with Crippen LogP contribution in [0.5, 0.6) is 11.5 Å². The quantitative estimate of drug-likeness (QED) is 0.475. The lowest BCUT2D eigenvalue weighted by Gasteiger charge is -2.17. The van der Waals surface area contributed by atoms with Crippen molar-refractivity contribution in [1.29, 1.82) is 0 Å². The highest BCUT2D eigenvalue weighted by molar-refractivity contribution is 6.41. The number of ketones is 1. The second-order valence-electron chi connectivity index (χ2n) is 3.77. The van der Waals surface area contributed by atoms with E-state index in [9.17, 15) is 22.8 Å². The molecule has 0 aliphatic carbocycles. The highest BCUT2D eigenvalue weighted by Gasteiger charge is 2.38. The maximum Gasteiger partial charge on any atom is 0.420 e. The molecule has 5 nitrogen and oxygen atoms in total.